The SMILES string of the molecule is COc1ccc(NC(=O)[C@H]2CCCN(S(=O)(=O)c3cc(-c4noc(C5CCC5)n4)sc3C)C2)cc1. The fourth-order valence-electron chi connectivity index (χ4n) is 4.42. The first-order valence-corrected chi connectivity index (χ1v) is 14.0. The van der Waals surface area contributed by atoms with Gasteiger partial charge in [-0.1, -0.05) is 11.6 Å². The number of rotatable bonds is 7. The summed E-state index contributed by atoms with van der Waals surface area (Å²) in [5.41, 5.74) is 0.649. The topological polar surface area (TPSA) is 115 Å². The highest BCUT2D eigenvalue weighted by Crippen LogP contribution is 2.38. The summed E-state index contributed by atoms with van der Waals surface area (Å²) in [6.45, 7) is 2.31. The van der Waals surface area contributed by atoms with Crippen LogP contribution in [0.15, 0.2) is 39.8 Å². The van der Waals surface area contributed by atoms with Crippen LogP contribution in [0.1, 0.15) is 48.8 Å². The number of hydrogen-bond donors (Lipinski definition) is 1. The van der Waals surface area contributed by atoms with Crippen LogP contribution in [-0.2, 0) is 14.8 Å². The van der Waals surface area contributed by atoms with Gasteiger partial charge in [0, 0.05) is 29.6 Å². The Labute approximate surface area is 208 Å². The molecule has 0 unspecified atom stereocenters. The van der Waals surface area contributed by atoms with Gasteiger partial charge in [-0.25, -0.2) is 8.42 Å². The van der Waals surface area contributed by atoms with Gasteiger partial charge in [-0.15, -0.1) is 11.3 Å². The lowest BCUT2D eigenvalue weighted by Crippen LogP contribution is -2.43. The number of piperidine rings is 1. The maximum Gasteiger partial charge on any atom is 0.244 e. The number of amides is 1. The second-order valence-corrected chi connectivity index (χ2v) is 12.2. The van der Waals surface area contributed by atoms with Crippen LogP contribution in [0.25, 0.3) is 10.7 Å². The van der Waals surface area contributed by atoms with Crippen molar-refractivity contribution in [2.24, 2.45) is 5.92 Å². The molecule has 0 radical (unpaired) electrons. The largest absolute Gasteiger partial charge is 0.497 e. The van der Waals surface area contributed by atoms with Crippen molar-refractivity contribution >= 4 is 33.0 Å². The third kappa shape index (κ3) is 4.85. The number of aryl methyl sites for hydroxylation is 1. The number of carbonyl (C=O) groups excluding carboxylic acids is 1. The molecule has 1 aliphatic heterocycles. The molecule has 2 aliphatic rings. The van der Waals surface area contributed by atoms with Gasteiger partial charge >= 0.3 is 0 Å². The van der Waals surface area contributed by atoms with E-state index in [-0.39, 0.29) is 17.3 Å². The number of nitrogens with zero attached hydrogens (tertiary/aromatic N) is 3. The molecule has 2 fully saturated rings. The van der Waals surface area contributed by atoms with Crippen LogP contribution in [0.5, 0.6) is 5.75 Å². The Balaban J connectivity index is 1.30. The van der Waals surface area contributed by atoms with E-state index in [0.717, 1.165) is 19.3 Å². The molecule has 0 bridgehead atoms. The van der Waals surface area contributed by atoms with Crippen molar-refractivity contribution in [1.29, 1.82) is 0 Å². The molecular formula is C24H28N4O5S2. The van der Waals surface area contributed by atoms with Crippen LogP contribution in [-0.4, -0.2) is 49.0 Å². The molecule has 35 heavy (non-hydrogen) atoms. The Morgan fingerprint density at radius 2 is 1.97 bits per heavy atom. The molecule has 2 aromatic heterocycles. The number of sulfonamides is 1. The average molecular weight is 517 g/mol. The van der Waals surface area contributed by atoms with Crippen molar-refractivity contribution in [2.45, 2.75) is 49.8 Å². The van der Waals surface area contributed by atoms with E-state index in [9.17, 15) is 13.2 Å². The van der Waals surface area contributed by atoms with E-state index in [4.69, 9.17) is 9.26 Å². The van der Waals surface area contributed by atoms with Crippen molar-refractivity contribution in [1.82, 2.24) is 14.4 Å². The first kappa shape index (κ1) is 24.0. The van der Waals surface area contributed by atoms with Gasteiger partial charge in [0.15, 0.2) is 0 Å². The summed E-state index contributed by atoms with van der Waals surface area (Å²) in [5, 5.41) is 6.97. The van der Waals surface area contributed by atoms with Gasteiger partial charge in [0.05, 0.1) is 22.8 Å². The molecular weight excluding hydrogens is 488 g/mol. The predicted octanol–water partition coefficient (Wildman–Crippen LogP) is 4.42. The van der Waals surface area contributed by atoms with Crippen LogP contribution in [0.2, 0.25) is 0 Å². The Morgan fingerprint density at radius 3 is 2.66 bits per heavy atom. The van der Waals surface area contributed by atoms with E-state index in [1.807, 2.05) is 0 Å². The summed E-state index contributed by atoms with van der Waals surface area (Å²) in [6, 6.07) is 8.69. The highest BCUT2D eigenvalue weighted by molar-refractivity contribution is 7.89. The van der Waals surface area contributed by atoms with Crippen LogP contribution < -0.4 is 10.1 Å². The molecule has 11 heteroatoms. The summed E-state index contributed by atoms with van der Waals surface area (Å²) in [4.78, 5) is 19.0. The monoisotopic (exact) mass is 516 g/mol. The molecule has 3 heterocycles. The lowest BCUT2D eigenvalue weighted by atomic mass is 9.85. The van der Waals surface area contributed by atoms with E-state index >= 15 is 0 Å². The highest BCUT2D eigenvalue weighted by atomic mass is 32.2. The number of methoxy groups -OCH3 is 1. The van der Waals surface area contributed by atoms with Gasteiger partial charge in [0.2, 0.25) is 27.6 Å². The Hall–Kier alpha value is -2.76. The summed E-state index contributed by atoms with van der Waals surface area (Å²) < 4.78 is 39.1. The average Bonchev–Trinajstić information content (AvgIpc) is 3.46. The molecule has 1 amide bonds. The Morgan fingerprint density at radius 1 is 1.20 bits per heavy atom. The van der Waals surface area contributed by atoms with Gasteiger partial charge in [-0.2, -0.15) is 9.29 Å². The minimum absolute atomic E-state index is 0.142. The van der Waals surface area contributed by atoms with E-state index in [1.54, 1.807) is 44.4 Å². The summed E-state index contributed by atoms with van der Waals surface area (Å²) in [7, 11) is -2.19. The van der Waals surface area contributed by atoms with Gasteiger partial charge in [0.1, 0.15) is 5.75 Å². The zero-order valence-electron chi connectivity index (χ0n) is 19.7. The molecule has 1 atom stereocenters. The van der Waals surface area contributed by atoms with E-state index in [0.29, 0.717) is 58.2 Å². The molecule has 1 aliphatic carbocycles. The number of ether oxygens (including phenoxy) is 1. The minimum Gasteiger partial charge on any atom is -0.497 e. The minimum atomic E-state index is -3.77. The number of anilines is 1. The molecule has 5 rings (SSSR count). The van der Waals surface area contributed by atoms with Gasteiger partial charge in [-0.3, -0.25) is 4.79 Å². The first-order chi connectivity index (χ1) is 16.8. The van der Waals surface area contributed by atoms with E-state index in [1.165, 1.54) is 15.6 Å². The number of thiophene rings is 1. The van der Waals surface area contributed by atoms with Crippen LogP contribution in [0.3, 0.4) is 0 Å². The molecule has 9 nitrogen and oxygen atoms in total. The molecule has 1 saturated heterocycles. The number of hydrogen-bond acceptors (Lipinski definition) is 8. The van der Waals surface area contributed by atoms with Crippen molar-refractivity contribution in [2.75, 3.05) is 25.5 Å². The Bertz CT molecular complexity index is 1310. The first-order valence-electron chi connectivity index (χ1n) is 11.7. The standard InChI is InChI=1S/C24H28N4O5S2/c1-15-21(13-20(34-15)22-26-24(33-27-22)16-5-3-6-16)35(30,31)28-12-4-7-17(14-28)23(29)25-18-8-10-19(32-2)11-9-18/h8-11,13,16-17H,3-7,12,14H2,1-2H3,(H,25,29)/t17-/m0/s1. The predicted molar refractivity (Wildman–Crippen MR) is 132 cm³/mol. The van der Waals surface area contributed by atoms with Crippen LogP contribution in [0.4, 0.5) is 5.69 Å². The summed E-state index contributed by atoms with van der Waals surface area (Å²) >= 11 is 1.34. The Kier molecular flexibility index (Phi) is 6.65. The second kappa shape index (κ2) is 9.71. The number of benzene rings is 1. The molecule has 3 aromatic rings. The van der Waals surface area contributed by atoms with Crippen LogP contribution >= 0.6 is 11.3 Å². The van der Waals surface area contributed by atoms with Crippen molar-refractivity contribution in [3.05, 3.63) is 41.1 Å². The second-order valence-electron chi connectivity index (χ2n) is 9.04. The smallest absolute Gasteiger partial charge is 0.244 e. The summed E-state index contributed by atoms with van der Waals surface area (Å²) in [5.74, 6) is 1.45. The number of nitrogens with one attached hydrogen (secondary N) is 1. The highest BCUT2D eigenvalue weighted by Gasteiger charge is 2.35. The zero-order valence-corrected chi connectivity index (χ0v) is 21.3. The third-order valence-corrected chi connectivity index (χ3v) is 9.89. The fraction of sp³-hybridized carbons (Fsp3) is 0.458. The number of carbonyl (C=O) groups is 1. The lowest BCUT2D eigenvalue weighted by Gasteiger charge is -2.31. The molecule has 1 N–H and O–H groups in total. The van der Waals surface area contributed by atoms with Crippen molar-refractivity contribution in [3.63, 3.8) is 0 Å². The summed E-state index contributed by atoms with van der Waals surface area (Å²) in [6.07, 6.45) is 4.51. The number of aromatic nitrogens is 2. The van der Waals surface area contributed by atoms with Gasteiger partial charge in [0.25, 0.3) is 0 Å². The normalized spacial score (nSPS) is 19.3. The van der Waals surface area contributed by atoms with E-state index in [2.05, 4.69) is 15.5 Å². The third-order valence-electron chi connectivity index (χ3n) is 6.72. The molecule has 186 valence electrons. The van der Waals surface area contributed by atoms with Gasteiger partial charge in [-0.05, 0) is 62.9 Å². The lowest BCUT2D eigenvalue weighted by molar-refractivity contribution is -0.120. The molecule has 0 spiro atoms. The van der Waals surface area contributed by atoms with Gasteiger partial charge < -0.3 is 14.6 Å². The van der Waals surface area contributed by atoms with Crippen molar-refractivity contribution < 1.29 is 22.5 Å². The molecule has 1 aromatic carbocycles. The molecule has 1 saturated carbocycles. The van der Waals surface area contributed by atoms with E-state index < -0.39 is 15.9 Å². The quantitative estimate of drug-likeness (QED) is 0.494. The van der Waals surface area contributed by atoms with Crippen LogP contribution in [0, 0.1) is 12.8 Å². The zero-order chi connectivity index (χ0) is 24.6. The fourth-order valence-corrected chi connectivity index (χ4v) is 7.43. The maximum atomic E-state index is 13.5. The maximum absolute atomic E-state index is 13.5. The van der Waals surface area contributed by atoms with Crippen molar-refractivity contribution in [3.8, 4) is 16.5 Å².